The third-order valence-corrected chi connectivity index (χ3v) is 3.75. The molecule has 0 radical (unpaired) electrons. The fourth-order valence-electron chi connectivity index (χ4n) is 2.38. The highest BCUT2D eigenvalue weighted by atomic mass is 35.5. The summed E-state index contributed by atoms with van der Waals surface area (Å²) in [4.78, 5) is 12.3. The monoisotopic (exact) mass is 342 g/mol. The van der Waals surface area contributed by atoms with Crippen molar-refractivity contribution in [3.8, 4) is 5.75 Å². The Labute approximate surface area is 139 Å². The lowest BCUT2D eigenvalue weighted by molar-refractivity contribution is 0.0924. The van der Waals surface area contributed by atoms with E-state index in [-0.39, 0.29) is 30.9 Å². The number of furan rings is 1. The minimum atomic E-state index is -0.198. The number of halogens is 2. The first-order valence-electron chi connectivity index (χ1n) is 6.68. The van der Waals surface area contributed by atoms with Crippen molar-refractivity contribution < 1.29 is 13.9 Å². The zero-order chi connectivity index (χ0) is 14.8. The molecule has 1 aliphatic rings. The fourth-order valence-corrected chi connectivity index (χ4v) is 2.62. The van der Waals surface area contributed by atoms with E-state index in [1.54, 1.807) is 12.1 Å². The quantitative estimate of drug-likeness (QED) is 0.898. The third kappa shape index (κ3) is 3.21. The molecule has 0 saturated heterocycles. The number of carbonyl (C=O) groups excluding carboxylic acids is 1. The number of para-hydroxylation sites is 1. The molecule has 1 aliphatic heterocycles. The molecule has 0 bridgehead atoms. The number of nitrogens with one attached hydrogen (secondary N) is 1. The van der Waals surface area contributed by atoms with Crippen molar-refractivity contribution in [3.63, 3.8) is 0 Å². The molecular formula is C15H16Cl2N2O3. The molecule has 118 valence electrons. The zero-order valence-corrected chi connectivity index (χ0v) is 13.2. The summed E-state index contributed by atoms with van der Waals surface area (Å²) in [7, 11) is 0. The number of hydrogen-bond acceptors (Lipinski definition) is 4. The lowest BCUT2D eigenvalue weighted by Crippen LogP contribution is -2.32. The highest BCUT2D eigenvalue weighted by Crippen LogP contribution is 2.37. The molecule has 2 aromatic rings. The molecule has 22 heavy (non-hydrogen) atoms. The molecule has 1 aromatic heterocycles. The van der Waals surface area contributed by atoms with E-state index in [9.17, 15) is 4.79 Å². The molecule has 1 aromatic carbocycles. The summed E-state index contributed by atoms with van der Waals surface area (Å²) in [6.07, 6.45) is 2.11. The molecule has 2 heterocycles. The maximum atomic E-state index is 12.3. The van der Waals surface area contributed by atoms with Crippen molar-refractivity contribution in [1.82, 2.24) is 5.32 Å². The van der Waals surface area contributed by atoms with E-state index in [1.807, 2.05) is 12.1 Å². The van der Waals surface area contributed by atoms with Crippen LogP contribution < -0.4 is 15.8 Å². The van der Waals surface area contributed by atoms with E-state index in [2.05, 4.69) is 5.32 Å². The number of ether oxygens (including phenoxy) is 1. The summed E-state index contributed by atoms with van der Waals surface area (Å²) in [6.45, 7) is 0.782. The van der Waals surface area contributed by atoms with Crippen LogP contribution in [0.4, 0.5) is 0 Å². The van der Waals surface area contributed by atoms with Crippen LogP contribution in [0.5, 0.6) is 5.75 Å². The number of benzene rings is 1. The van der Waals surface area contributed by atoms with E-state index in [0.29, 0.717) is 35.1 Å². The summed E-state index contributed by atoms with van der Waals surface area (Å²) in [5.74, 6) is 1.03. The average molecular weight is 343 g/mol. The molecule has 3 rings (SSSR count). The Kier molecular flexibility index (Phi) is 5.34. The topological polar surface area (TPSA) is 77.5 Å². The Bertz CT molecular complexity index is 673. The molecule has 0 aliphatic carbocycles. The molecule has 5 nitrogen and oxygen atoms in total. The molecule has 1 unspecified atom stereocenters. The van der Waals surface area contributed by atoms with Gasteiger partial charge in [0.1, 0.15) is 17.8 Å². The standard InChI is InChI=1S/C15H15ClN2O3.ClH/c16-12-3-1-2-11-13(4-5-20-14(11)12)18-15(19)9-6-10(7-17)21-8-9;/h1-3,6,8,13H,4-5,7,17H2,(H,18,19);1H. The van der Waals surface area contributed by atoms with Crippen molar-refractivity contribution in [2.75, 3.05) is 6.61 Å². The second kappa shape index (κ2) is 7.05. The van der Waals surface area contributed by atoms with Gasteiger partial charge in [0.15, 0.2) is 0 Å². The van der Waals surface area contributed by atoms with Crippen molar-refractivity contribution in [1.29, 1.82) is 0 Å². The summed E-state index contributed by atoms with van der Waals surface area (Å²) >= 11 is 6.12. The van der Waals surface area contributed by atoms with Gasteiger partial charge in [0.2, 0.25) is 0 Å². The van der Waals surface area contributed by atoms with Gasteiger partial charge in [-0.25, -0.2) is 0 Å². The first-order valence-corrected chi connectivity index (χ1v) is 7.06. The number of rotatable bonds is 3. The van der Waals surface area contributed by atoms with E-state index >= 15 is 0 Å². The van der Waals surface area contributed by atoms with Crippen molar-refractivity contribution >= 4 is 29.9 Å². The zero-order valence-electron chi connectivity index (χ0n) is 11.7. The van der Waals surface area contributed by atoms with Crippen molar-refractivity contribution in [2.24, 2.45) is 5.73 Å². The Balaban J connectivity index is 0.00000176. The van der Waals surface area contributed by atoms with Gasteiger partial charge in [0, 0.05) is 12.0 Å². The van der Waals surface area contributed by atoms with Gasteiger partial charge in [-0.3, -0.25) is 4.79 Å². The Hall–Kier alpha value is -1.69. The third-order valence-electron chi connectivity index (χ3n) is 3.45. The summed E-state index contributed by atoms with van der Waals surface area (Å²) in [5, 5.41) is 3.53. The predicted molar refractivity (Wildman–Crippen MR) is 85.6 cm³/mol. The number of hydrogen-bond donors (Lipinski definition) is 2. The van der Waals surface area contributed by atoms with Crippen molar-refractivity contribution in [2.45, 2.75) is 19.0 Å². The van der Waals surface area contributed by atoms with Gasteiger partial charge in [-0.05, 0) is 12.1 Å². The van der Waals surface area contributed by atoms with Crippen LogP contribution in [-0.4, -0.2) is 12.5 Å². The second-order valence-electron chi connectivity index (χ2n) is 4.83. The molecule has 7 heteroatoms. The van der Waals surface area contributed by atoms with Gasteiger partial charge >= 0.3 is 0 Å². The van der Waals surface area contributed by atoms with Crippen molar-refractivity contribution in [3.05, 3.63) is 52.4 Å². The lowest BCUT2D eigenvalue weighted by atomic mass is 10.0. The van der Waals surface area contributed by atoms with Crippen LogP contribution in [0, 0.1) is 0 Å². The van der Waals surface area contributed by atoms with Gasteiger partial charge in [-0.2, -0.15) is 0 Å². The van der Waals surface area contributed by atoms with Crippen LogP contribution in [0.2, 0.25) is 5.02 Å². The largest absolute Gasteiger partial charge is 0.492 e. The molecule has 3 N–H and O–H groups in total. The van der Waals surface area contributed by atoms with E-state index in [1.165, 1.54) is 6.26 Å². The van der Waals surface area contributed by atoms with Crippen LogP contribution in [0.15, 0.2) is 34.9 Å². The van der Waals surface area contributed by atoms with Crippen LogP contribution in [0.25, 0.3) is 0 Å². The second-order valence-corrected chi connectivity index (χ2v) is 5.23. The average Bonchev–Trinajstić information content (AvgIpc) is 2.97. The minimum absolute atomic E-state index is 0. The SMILES string of the molecule is Cl.NCc1cc(C(=O)NC2CCOc3c(Cl)cccc32)co1. The lowest BCUT2D eigenvalue weighted by Gasteiger charge is -2.27. The van der Waals surface area contributed by atoms with Crippen LogP contribution in [0.3, 0.4) is 0 Å². The predicted octanol–water partition coefficient (Wildman–Crippen LogP) is 3.07. The number of carbonyl (C=O) groups is 1. The van der Waals surface area contributed by atoms with Crippen LogP contribution in [-0.2, 0) is 6.54 Å². The molecule has 0 saturated carbocycles. The highest BCUT2D eigenvalue weighted by molar-refractivity contribution is 6.32. The smallest absolute Gasteiger partial charge is 0.255 e. The molecule has 1 amide bonds. The molecule has 0 fully saturated rings. The van der Waals surface area contributed by atoms with E-state index < -0.39 is 0 Å². The van der Waals surface area contributed by atoms with Crippen LogP contribution >= 0.6 is 24.0 Å². The van der Waals surface area contributed by atoms with Gasteiger partial charge in [0.05, 0.1) is 29.8 Å². The Morgan fingerprint density at radius 3 is 3.00 bits per heavy atom. The Morgan fingerprint density at radius 1 is 1.45 bits per heavy atom. The molecule has 0 spiro atoms. The fraction of sp³-hybridized carbons (Fsp3) is 0.267. The maximum Gasteiger partial charge on any atom is 0.255 e. The van der Waals surface area contributed by atoms with Crippen LogP contribution in [0.1, 0.15) is 34.1 Å². The van der Waals surface area contributed by atoms with Gasteiger partial charge < -0.3 is 20.2 Å². The molecular weight excluding hydrogens is 327 g/mol. The number of amides is 1. The highest BCUT2D eigenvalue weighted by Gasteiger charge is 2.25. The number of fused-ring (bicyclic) bond motifs is 1. The van der Waals surface area contributed by atoms with Gasteiger partial charge in [-0.15, -0.1) is 12.4 Å². The van der Waals surface area contributed by atoms with Gasteiger partial charge in [0.25, 0.3) is 5.91 Å². The summed E-state index contributed by atoms with van der Waals surface area (Å²) in [6, 6.07) is 7.05. The Morgan fingerprint density at radius 2 is 2.27 bits per heavy atom. The van der Waals surface area contributed by atoms with E-state index in [0.717, 1.165) is 5.56 Å². The number of nitrogens with two attached hydrogens (primary N) is 1. The van der Waals surface area contributed by atoms with E-state index in [4.69, 9.17) is 26.5 Å². The molecule has 1 atom stereocenters. The first-order chi connectivity index (χ1) is 10.2. The van der Waals surface area contributed by atoms with Gasteiger partial charge in [-0.1, -0.05) is 23.7 Å². The first kappa shape index (κ1) is 16.7. The minimum Gasteiger partial charge on any atom is -0.492 e. The maximum absolute atomic E-state index is 12.3. The summed E-state index contributed by atoms with van der Waals surface area (Å²) < 4.78 is 10.8. The normalized spacial score (nSPS) is 16.2. The summed E-state index contributed by atoms with van der Waals surface area (Å²) in [5.41, 5.74) is 6.83.